The molecule has 0 N–H and O–H groups in total. The minimum atomic E-state index is -1.10. The average Bonchev–Trinajstić information content (AvgIpc) is 3.62. The molecule has 1 aliphatic rings. The summed E-state index contributed by atoms with van der Waals surface area (Å²) in [7, 11) is 0.984. The number of anilines is 2. The molecule has 35 heavy (non-hydrogen) atoms. The number of ether oxygens (including phenoxy) is 1. The number of fused-ring (bicyclic) bond motifs is 1. The first-order valence-corrected chi connectivity index (χ1v) is 15.8. The lowest BCUT2D eigenvalue weighted by atomic mass is 10.2. The number of hydrogen-bond acceptors (Lipinski definition) is 8. The maximum absolute atomic E-state index is 5.96. The van der Waals surface area contributed by atoms with Gasteiger partial charge in [-0.05, 0) is 18.5 Å². The molecule has 0 bridgehead atoms. The van der Waals surface area contributed by atoms with E-state index in [4.69, 9.17) is 4.74 Å². The van der Waals surface area contributed by atoms with E-state index in [1.54, 1.807) is 25.0 Å². The summed E-state index contributed by atoms with van der Waals surface area (Å²) in [6, 6.07) is 3.58. The fraction of sp³-hybridized carbons (Fsp3) is 0.458. The van der Waals surface area contributed by atoms with E-state index in [0.29, 0.717) is 12.8 Å². The first-order valence-electron chi connectivity index (χ1n) is 12.0. The molecule has 1 aliphatic heterocycles. The van der Waals surface area contributed by atoms with Gasteiger partial charge in [-0.2, -0.15) is 0 Å². The summed E-state index contributed by atoms with van der Waals surface area (Å²) >= 11 is 0. The van der Waals surface area contributed by atoms with Gasteiger partial charge in [-0.1, -0.05) is 19.6 Å². The van der Waals surface area contributed by atoms with E-state index in [-0.39, 0.29) is 0 Å². The van der Waals surface area contributed by atoms with E-state index in [2.05, 4.69) is 78.2 Å². The summed E-state index contributed by atoms with van der Waals surface area (Å²) in [5, 5.41) is 1.06. The summed E-state index contributed by atoms with van der Waals surface area (Å²) in [5.41, 5.74) is 0.917. The standard InChI is InChI=1S/C24H33N9OSi/c1-30(21-13-27-22(14-26-21)32-10-7-25-17-32)19-5-8-31(15-19)23-20-6-9-33(24(20)29-16-28-23)18-34-11-12-35(2,3)4/h6-7,9-10,13-14,16-17,19H,5,8,11-12,15,18H2,1-4H3/t19-/m1/s1. The van der Waals surface area contributed by atoms with Gasteiger partial charge in [0.25, 0.3) is 0 Å². The largest absolute Gasteiger partial charge is 0.361 e. The third kappa shape index (κ3) is 5.20. The molecule has 10 nitrogen and oxygen atoms in total. The van der Waals surface area contributed by atoms with Gasteiger partial charge in [0.2, 0.25) is 0 Å². The molecule has 1 saturated heterocycles. The van der Waals surface area contributed by atoms with Gasteiger partial charge in [-0.25, -0.2) is 24.9 Å². The Hall–Kier alpha value is -3.31. The van der Waals surface area contributed by atoms with Gasteiger partial charge < -0.3 is 19.1 Å². The van der Waals surface area contributed by atoms with Gasteiger partial charge in [0.05, 0.1) is 17.8 Å². The number of hydrogen-bond donors (Lipinski definition) is 0. The Balaban J connectivity index is 1.24. The van der Waals surface area contributed by atoms with Crippen LogP contribution in [0.5, 0.6) is 0 Å². The normalized spacial score (nSPS) is 16.3. The smallest absolute Gasteiger partial charge is 0.156 e. The molecule has 4 aromatic rings. The quantitative estimate of drug-likeness (QED) is 0.260. The molecule has 11 heteroatoms. The summed E-state index contributed by atoms with van der Waals surface area (Å²) in [4.78, 5) is 27.0. The second kappa shape index (κ2) is 9.74. The Morgan fingerprint density at radius 2 is 2.00 bits per heavy atom. The van der Waals surface area contributed by atoms with Crippen molar-refractivity contribution in [3.63, 3.8) is 0 Å². The molecule has 0 unspecified atom stereocenters. The predicted octanol–water partition coefficient (Wildman–Crippen LogP) is 3.43. The Morgan fingerprint density at radius 3 is 2.74 bits per heavy atom. The lowest BCUT2D eigenvalue weighted by molar-refractivity contribution is 0.0899. The Bertz CT molecular complexity index is 1250. The zero-order valence-corrected chi connectivity index (χ0v) is 21.9. The van der Waals surface area contributed by atoms with Crippen LogP contribution in [0.3, 0.4) is 0 Å². The summed E-state index contributed by atoms with van der Waals surface area (Å²) in [5.74, 6) is 2.59. The highest BCUT2D eigenvalue weighted by Crippen LogP contribution is 2.29. The van der Waals surface area contributed by atoms with Crippen molar-refractivity contribution in [3.05, 3.63) is 49.7 Å². The van der Waals surface area contributed by atoms with Crippen LogP contribution in [0.25, 0.3) is 16.9 Å². The lowest BCUT2D eigenvalue weighted by Gasteiger charge is -2.26. The van der Waals surface area contributed by atoms with E-state index in [1.807, 2.05) is 17.0 Å². The Labute approximate surface area is 206 Å². The summed E-state index contributed by atoms with van der Waals surface area (Å²) in [6.45, 7) is 10.2. The van der Waals surface area contributed by atoms with Crippen molar-refractivity contribution in [3.8, 4) is 5.82 Å². The van der Waals surface area contributed by atoms with Crippen LogP contribution in [0, 0.1) is 0 Å². The van der Waals surface area contributed by atoms with Crippen LogP contribution >= 0.6 is 0 Å². The molecular formula is C24H33N9OSi. The van der Waals surface area contributed by atoms with Crippen molar-refractivity contribution < 1.29 is 4.74 Å². The second-order valence-corrected chi connectivity index (χ2v) is 15.9. The van der Waals surface area contributed by atoms with Crippen molar-refractivity contribution in [1.29, 1.82) is 0 Å². The molecule has 5 heterocycles. The minimum Gasteiger partial charge on any atom is -0.361 e. The van der Waals surface area contributed by atoms with Crippen molar-refractivity contribution in [1.82, 2.24) is 34.1 Å². The molecule has 1 atom stereocenters. The maximum Gasteiger partial charge on any atom is 0.156 e. The molecule has 0 saturated carbocycles. The van der Waals surface area contributed by atoms with Crippen LogP contribution in [0.15, 0.2) is 49.7 Å². The molecule has 0 spiro atoms. The highest BCUT2D eigenvalue weighted by molar-refractivity contribution is 6.76. The van der Waals surface area contributed by atoms with Crippen LogP contribution in [0.2, 0.25) is 25.7 Å². The van der Waals surface area contributed by atoms with Crippen LogP contribution in [0.1, 0.15) is 6.42 Å². The monoisotopic (exact) mass is 491 g/mol. The zero-order chi connectivity index (χ0) is 24.4. The van der Waals surface area contributed by atoms with Gasteiger partial charge in [-0.3, -0.25) is 4.57 Å². The van der Waals surface area contributed by atoms with Crippen molar-refractivity contribution in [2.45, 2.75) is 44.9 Å². The van der Waals surface area contributed by atoms with Crippen LogP contribution < -0.4 is 9.80 Å². The molecule has 1 fully saturated rings. The molecule has 4 aromatic heterocycles. The van der Waals surface area contributed by atoms with Crippen molar-refractivity contribution in [2.24, 2.45) is 0 Å². The molecular weight excluding hydrogens is 458 g/mol. The number of aromatic nitrogens is 7. The van der Waals surface area contributed by atoms with E-state index in [0.717, 1.165) is 60.6 Å². The summed E-state index contributed by atoms with van der Waals surface area (Å²) in [6.07, 6.45) is 13.6. The topological polar surface area (TPSA) is 90.0 Å². The number of likely N-dealkylation sites (N-methyl/N-ethyl adjacent to an activating group) is 1. The number of nitrogens with zero attached hydrogens (tertiary/aromatic N) is 9. The second-order valence-electron chi connectivity index (χ2n) is 10.3. The predicted molar refractivity (Wildman–Crippen MR) is 140 cm³/mol. The fourth-order valence-corrected chi connectivity index (χ4v) is 5.11. The van der Waals surface area contributed by atoms with Crippen LogP contribution in [-0.4, -0.2) is 74.9 Å². The maximum atomic E-state index is 5.96. The highest BCUT2D eigenvalue weighted by Gasteiger charge is 2.29. The Morgan fingerprint density at radius 1 is 1.11 bits per heavy atom. The average molecular weight is 492 g/mol. The third-order valence-electron chi connectivity index (χ3n) is 6.53. The lowest BCUT2D eigenvalue weighted by Crippen LogP contribution is -2.35. The van der Waals surface area contributed by atoms with Gasteiger partial charge >= 0.3 is 0 Å². The van der Waals surface area contributed by atoms with Gasteiger partial charge in [0, 0.05) is 59.5 Å². The van der Waals surface area contributed by atoms with E-state index in [1.165, 1.54) is 0 Å². The fourth-order valence-electron chi connectivity index (χ4n) is 4.35. The molecule has 0 aromatic carbocycles. The highest BCUT2D eigenvalue weighted by atomic mass is 28.3. The van der Waals surface area contributed by atoms with E-state index >= 15 is 0 Å². The molecule has 0 aliphatic carbocycles. The molecule has 0 radical (unpaired) electrons. The number of imidazole rings is 1. The van der Waals surface area contributed by atoms with Gasteiger partial charge in [0.1, 0.15) is 36.7 Å². The van der Waals surface area contributed by atoms with E-state index in [9.17, 15) is 0 Å². The van der Waals surface area contributed by atoms with Gasteiger partial charge in [0.15, 0.2) is 5.82 Å². The van der Waals surface area contributed by atoms with Gasteiger partial charge in [-0.15, -0.1) is 0 Å². The first kappa shape index (κ1) is 23.4. The van der Waals surface area contributed by atoms with Crippen molar-refractivity contribution in [2.75, 3.05) is 36.5 Å². The molecule has 184 valence electrons. The van der Waals surface area contributed by atoms with Crippen LogP contribution in [-0.2, 0) is 11.5 Å². The first-order chi connectivity index (χ1) is 16.9. The minimum absolute atomic E-state index is 0.320. The summed E-state index contributed by atoms with van der Waals surface area (Å²) < 4.78 is 9.87. The number of rotatable bonds is 9. The third-order valence-corrected chi connectivity index (χ3v) is 8.23. The molecule has 5 rings (SSSR count). The van der Waals surface area contributed by atoms with Crippen molar-refractivity contribution >= 4 is 30.7 Å². The Kier molecular flexibility index (Phi) is 6.52. The van der Waals surface area contributed by atoms with Crippen LogP contribution in [0.4, 0.5) is 11.6 Å². The molecule has 0 amide bonds. The SMILES string of the molecule is CN(c1cnc(-n2ccnc2)cn1)[C@@H]1CCN(c2ncnc3c2ccn3COCC[Si](C)(C)C)C1. The van der Waals surface area contributed by atoms with E-state index < -0.39 is 8.07 Å². The zero-order valence-electron chi connectivity index (χ0n) is 20.9.